The van der Waals surface area contributed by atoms with Crippen LogP contribution in [0.4, 0.5) is 87.8 Å². The van der Waals surface area contributed by atoms with Gasteiger partial charge in [-0.15, -0.1) is 18.1 Å². The minimum atomic E-state index is -7.97. The molecular formula is C18HF20NO3. The Balaban J connectivity index is 2.22. The summed E-state index contributed by atoms with van der Waals surface area (Å²) in [6.45, 7) is 0. The Morgan fingerprint density at radius 3 is 1.67 bits per heavy atom. The van der Waals surface area contributed by atoms with Gasteiger partial charge in [0.15, 0.2) is 22.8 Å². The Kier molecular flexibility index (Phi) is 5.14. The summed E-state index contributed by atoms with van der Waals surface area (Å²) in [4.78, 5) is -4.16. The normalized spacial score (nSPS) is 39.6. The molecule has 4 nitrogen and oxygen atoms in total. The van der Waals surface area contributed by atoms with Gasteiger partial charge in [0, 0.05) is 5.56 Å². The second kappa shape index (κ2) is 7.07. The Bertz CT molecular complexity index is 1480. The smallest absolute Gasteiger partial charge is 0.447 e. The molecule has 4 aliphatic rings. The van der Waals surface area contributed by atoms with E-state index in [1.807, 2.05) is 0 Å². The van der Waals surface area contributed by atoms with Crippen molar-refractivity contribution in [3.05, 3.63) is 34.4 Å². The van der Waals surface area contributed by atoms with E-state index in [2.05, 4.69) is 9.47 Å². The molecule has 236 valence electrons. The first-order valence-corrected chi connectivity index (χ1v) is 9.99. The molecule has 0 radical (unpaired) electrons. The second-order valence-electron chi connectivity index (χ2n) is 9.06. The van der Waals surface area contributed by atoms with E-state index in [4.69, 9.17) is 0 Å². The van der Waals surface area contributed by atoms with Crippen LogP contribution in [0, 0.1) is 11.6 Å². The van der Waals surface area contributed by atoms with E-state index in [0.29, 0.717) is 0 Å². The van der Waals surface area contributed by atoms with Gasteiger partial charge in [-0.3, -0.25) is 0 Å². The Morgan fingerprint density at radius 1 is 0.714 bits per heavy atom. The maximum Gasteiger partial charge on any atom is 0.573 e. The first-order valence-electron chi connectivity index (χ1n) is 9.99. The van der Waals surface area contributed by atoms with Gasteiger partial charge in [-0.25, -0.2) is 22.0 Å². The maximum absolute atomic E-state index is 16.6. The molecule has 1 fully saturated rings. The number of ether oxygens (including phenoxy) is 2. The van der Waals surface area contributed by atoms with Crippen molar-refractivity contribution in [3.63, 3.8) is 0 Å². The van der Waals surface area contributed by atoms with E-state index >= 15 is 39.5 Å². The topological polar surface area (TPSA) is 41.9 Å². The number of hydrogen-bond acceptors (Lipinski definition) is 4. The van der Waals surface area contributed by atoms with Crippen LogP contribution in [0.25, 0.3) is 0 Å². The SMILES string of the molecule is O[C@@]1(F)C(F)=C(F)[C@]2(F)[C@]34c5c(c(OC(F)(F)F)c(F)c(F)c5C(F)(F)[C@@]2(F)N(C(F)(F)F)C(F)(F)C3(F)F)O[C@]41F. The Hall–Kier alpha value is -2.92. The highest BCUT2D eigenvalue weighted by Gasteiger charge is 3.09. The lowest BCUT2D eigenvalue weighted by molar-refractivity contribution is -0.530. The number of rotatable bonds is 1. The summed E-state index contributed by atoms with van der Waals surface area (Å²) in [6.07, 6.45) is -14.4. The molecule has 0 saturated carbocycles. The Morgan fingerprint density at radius 2 is 1.21 bits per heavy atom. The number of aliphatic hydroxyl groups is 1. The lowest BCUT2D eigenvalue weighted by atomic mass is 9.45. The number of nitrogens with zero attached hydrogens (tertiary/aromatic N) is 1. The number of piperidine rings is 1. The second-order valence-corrected chi connectivity index (χ2v) is 9.06. The van der Waals surface area contributed by atoms with Crippen LogP contribution in [-0.2, 0) is 11.3 Å². The summed E-state index contributed by atoms with van der Waals surface area (Å²) in [6, 6.07) is -7.97. The van der Waals surface area contributed by atoms with Crippen molar-refractivity contribution in [3.8, 4) is 11.5 Å². The van der Waals surface area contributed by atoms with Crippen LogP contribution >= 0.6 is 0 Å². The highest BCUT2D eigenvalue weighted by molar-refractivity contribution is 5.72. The fraction of sp³-hybridized carbons (Fsp3) is 0.556. The quantitative estimate of drug-likeness (QED) is 0.276. The summed E-state index contributed by atoms with van der Waals surface area (Å²) in [5.41, 5.74) is -22.4. The molecule has 1 saturated heterocycles. The van der Waals surface area contributed by atoms with Crippen molar-refractivity contribution in [2.75, 3.05) is 0 Å². The van der Waals surface area contributed by atoms with Crippen LogP contribution in [0.3, 0.4) is 0 Å². The van der Waals surface area contributed by atoms with Crippen molar-refractivity contribution in [1.82, 2.24) is 4.90 Å². The molecule has 1 spiro atoms. The Labute approximate surface area is 213 Å². The van der Waals surface area contributed by atoms with Gasteiger partial charge in [0.25, 0.3) is 5.79 Å². The summed E-state index contributed by atoms with van der Waals surface area (Å²) < 4.78 is 301. The fourth-order valence-electron chi connectivity index (χ4n) is 5.83. The van der Waals surface area contributed by atoms with Crippen molar-refractivity contribution >= 4 is 0 Å². The largest absolute Gasteiger partial charge is 0.573 e. The van der Waals surface area contributed by atoms with E-state index in [-0.39, 0.29) is 0 Å². The van der Waals surface area contributed by atoms with Gasteiger partial charge in [-0.05, 0) is 0 Å². The highest BCUT2D eigenvalue weighted by atomic mass is 19.4. The minimum absolute atomic E-state index is 2.70. The molecule has 2 aliphatic heterocycles. The third-order valence-corrected chi connectivity index (χ3v) is 7.22. The first-order chi connectivity index (χ1) is 18.4. The molecule has 0 aromatic heterocycles. The molecule has 0 amide bonds. The number of halogens is 20. The van der Waals surface area contributed by atoms with E-state index in [1.165, 1.54) is 0 Å². The molecule has 2 aliphatic carbocycles. The molecule has 1 aromatic rings. The number of alkyl halides is 16. The highest BCUT2D eigenvalue weighted by Crippen LogP contribution is 2.85. The molecule has 24 heteroatoms. The molecule has 42 heavy (non-hydrogen) atoms. The van der Waals surface area contributed by atoms with Gasteiger partial charge in [-0.1, -0.05) is 0 Å². The molecule has 1 N–H and O–H groups in total. The zero-order valence-corrected chi connectivity index (χ0v) is 18.3. The van der Waals surface area contributed by atoms with Gasteiger partial charge in [0.05, 0.1) is 5.56 Å². The molecule has 1 aromatic carbocycles. The number of likely N-dealkylation sites (tertiary alicyclic amines) is 1. The van der Waals surface area contributed by atoms with Crippen molar-refractivity contribution in [2.45, 2.75) is 59.1 Å². The minimum Gasteiger partial charge on any atom is -0.447 e. The van der Waals surface area contributed by atoms with Crippen LogP contribution in [0.5, 0.6) is 11.5 Å². The third-order valence-electron chi connectivity index (χ3n) is 7.22. The van der Waals surface area contributed by atoms with Crippen LogP contribution in [0.1, 0.15) is 11.1 Å². The average Bonchev–Trinajstić information content (AvgIpc) is 3.08. The third kappa shape index (κ3) is 2.46. The van der Waals surface area contributed by atoms with E-state index < -0.39 is 110 Å². The van der Waals surface area contributed by atoms with Crippen LogP contribution in [0.2, 0.25) is 0 Å². The van der Waals surface area contributed by atoms with E-state index in [0.717, 1.165) is 0 Å². The summed E-state index contributed by atoms with van der Waals surface area (Å²) in [5.74, 6) is -60.7. The van der Waals surface area contributed by atoms with Crippen LogP contribution in [-0.4, -0.2) is 57.8 Å². The zero-order chi connectivity index (χ0) is 32.6. The lowest BCUT2D eigenvalue weighted by Gasteiger charge is -2.68. The van der Waals surface area contributed by atoms with E-state index in [1.54, 1.807) is 0 Å². The zero-order valence-electron chi connectivity index (χ0n) is 18.3. The first kappa shape index (κ1) is 30.5. The van der Waals surface area contributed by atoms with Gasteiger partial charge in [0.1, 0.15) is 0 Å². The van der Waals surface area contributed by atoms with Crippen LogP contribution in [0.15, 0.2) is 11.7 Å². The fourth-order valence-corrected chi connectivity index (χ4v) is 5.83. The molecule has 2 bridgehead atoms. The van der Waals surface area contributed by atoms with Gasteiger partial charge in [-0.2, -0.15) is 52.7 Å². The van der Waals surface area contributed by atoms with Gasteiger partial charge in [0.2, 0.25) is 23.1 Å². The van der Waals surface area contributed by atoms with E-state index in [9.17, 15) is 53.4 Å². The molecule has 0 unspecified atom stereocenters. The summed E-state index contributed by atoms with van der Waals surface area (Å²) in [7, 11) is 0. The molecular weight excluding hydrogens is 658 g/mol. The van der Waals surface area contributed by atoms with Crippen molar-refractivity contribution in [2.24, 2.45) is 0 Å². The predicted octanol–water partition coefficient (Wildman–Crippen LogP) is 6.52. The average molecular weight is 659 g/mol. The van der Waals surface area contributed by atoms with Gasteiger partial charge >= 0.3 is 42.3 Å². The predicted molar refractivity (Wildman–Crippen MR) is 83.8 cm³/mol. The maximum atomic E-state index is 16.6. The molecule has 5 atom stereocenters. The van der Waals surface area contributed by atoms with Crippen LogP contribution < -0.4 is 9.47 Å². The molecule has 2 heterocycles. The number of benzene rings is 1. The summed E-state index contributed by atoms with van der Waals surface area (Å²) >= 11 is 0. The number of hydrogen-bond donors (Lipinski definition) is 1. The summed E-state index contributed by atoms with van der Waals surface area (Å²) in [5, 5.41) is 9.59. The van der Waals surface area contributed by atoms with Gasteiger partial charge < -0.3 is 14.6 Å². The van der Waals surface area contributed by atoms with Crippen molar-refractivity contribution < 1.29 is 102 Å². The lowest BCUT2D eigenvalue weighted by Crippen LogP contribution is -2.96. The monoisotopic (exact) mass is 659 g/mol. The van der Waals surface area contributed by atoms with Crippen molar-refractivity contribution in [1.29, 1.82) is 0 Å². The molecule has 5 rings (SSSR count). The standard InChI is InChI=1S/C18HF20NO3/c19-3-1-2-5(6(4(3)20)42-18(36,37)38)41-15(30)9(2)10(23,7(21)8(22)12(15,26)40)14(29,11(1,24)25)39(17(33,34)35)16(31,32)13(9,27)28/h40H/t9-,10+,12+,14+,15-/m1/s1.